The maximum Gasteiger partial charge on any atom is 0.184 e. The Labute approximate surface area is 120 Å². The van der Waals surface area contributed by atoms with E-state index in [4.69, 9.17) is 19.7 Å². The fraction of sp³-hybridized carbons (Fsp3) is 0.538. The van der Waals surface area contributed by atoms with Gasteiger partial charge in [-0.1, -0.05) is 35.4 Å². The predicted octanol–water partition coefficient (Wildman–Crippen LogP) is 0.858. The molecule has 1 aromatic carbocycles. The SMILES string of the molecule is [N-]=[N+]=NC1[C@H](O)OC2COC(c3ccccc3)O[C@H]2[C@@H]1O. The van der Waals surface area contributed by atoms with E-state index in [9.17, 15) is 10.2 Å². The molecule has 8 nitrogen and oxygen atoms in total. The molecule has 0 saturated carbocycles. The molecular formula is C13H15N3O5. The topological polar surface area (TPSA) is 117 Å². The van der Waals surface area contributed by atoms with Crippen LogP contribution in [0.1, 0.15) is 11.9 Å². The van der Waals surface area contributed by atoms with Gasteiger partial charge in [0.1, 0.15) is 18.2 Å². The van der Waals surface area contributed by atoms with E-state index in [0.717, 1.165) is 5.56 Å². The zero-order chi connectivity index (χ0) is 14.8. The Kier molecular flexibility index (Phi) is 4.07. The lowest BCUT2D eigenvalue weighted by Crippen LogP contribution is -2.61. The first kappa shape index (κ1) is 14.3. The van der Waals surface area contributed by atoms with Crippen molar-refractivity contribution in [1.82, 2.24) is 0 Å². The van der Waals surface area contributed by atoms with Crippen molar-refractivity contribution in [3.05, 3.63) is 46.3 Å². The van der Waals surface area contributed by atoms with Crippen molar-refractivity contribution in [2.45, 2.75) is 36.9 Å². The molecule has 2 saturated heterocycles. The first-order chi connectivity index (χ1) is 10.2. The first-order valence-corrected chi connectivity index (χ1v) is 6.58. The van der Waals surface area contributed by atoms with Gasteiger partial charge >= 0.3 is 0 Å². The van der Waals surface area contributed by atoms with Gasteiger partial charge in [0.25, 0.3) is 0 Å². The highest BCUT2D eigenvalue weighted by Crippen LogP contribution is 2.34. The van der Waals surface area contributed by atoms with Gasteiger partial charge in [-0.05, 0) is 5.53 Å². The summed E-state index contributed by atoms with van der Waals surface area (Å²) < 4.78 is 16.6. The summed E-state index contributed by atoms with van der Waals surface area (Å²) in [6.45, 7) is 0.168. The van der Waals surface area contributed by atoms with Gasteiger partial charge in [-0.25, -0.2) is 0 Å². The molecule has 1 aromatic rings. The van der Waals surface area contributed by atoms with Gasteiger partial charge in [0.05, 0.1) is 12.7 Å². The average molecular weight is 293 g/mol. The summed E-state index contributed by atoms with van der Waals surface area (Å²) in [5.41, 5.74) is 9.31. The second kappa shape index (κ2) is 5.98. The minimum absolute atomic E-state index is 0.168. The molecule has 0 aliphatic carbocycles. The van der Waals surface area contributed by atoms with Crippen molar-refractivity contribution in [1.29, 1.82) is 0 Å². The van der Waals surface area contributed by atoms with E-state index in [1.54, 1.807) is 0 Å². The monoisotopic (exact) mass is 293 g/mol. The number of hydrogen-bond acceptors (Lipinski definition) is 6. The summed E-state index contributed by atoms with van der Waals surface area (Å²) in [7, 11) is 0. The Morgan fingerprint density at radius 1 is 1.19 bits per heavy atom. The summed E-state index contributed by atoms with van der Waals surface area (Å²) in [6.07, 6.45) is -4.52. The van der Waals surface area contributed by atoms with Crippen LogP contribution in [-0.2, 0) is 14.2 Å². The standard InChI is InChI=1S/C13H15N3O5/c14-16-15-9-10(17)11-8(20-12(9)18)6-19-13(21-11)7-4-2-1-3-5-7/h1-5,8-13,17-18H,6H2/t8?,9?,10-,11-,12-,13?/m1/s1. The number of fused-ring (bicyclic) bond motifs is 1. The van der Waals surface area contributed by atoms with Crippen LogP contribution >= 0.6 is 0 Å². The number of aliphatic hydroxyl groups excluding tert-OH is 2. The van der Waals surface area contributed by atoms with Gasteiger partial charge in [0, 0.05) is 10.5 Å². The molecule has 0 spiro atoms. The van der Waals surface area contributed by atoms with Gasteiger partial charge in [0.15, 0.2) is 12.6 Å². The third-order valence-electron chi connectivity index (χ3n) is 3.61. The normalized spacial score (nSPS) is 39.1. The van der Waals surface area contributed by atoms with Crippen LogP contribution in [-0.4, -0.2) is 47.5 Å². The molecule has 2 aliphatic heterocycles. The minimum atomic E-state index is -1.38. The van der Waals surface area contributed by atoms with Gasteiger partial charge in [0.2, 0.25) is 0 Å². The third-order valence-corrected chi connectivity index (χ3v) is 3.61. The molecule has 8 heteroatoms. The highest BCUT2D eigenvalue weighted by molar-refractivity contribution is 5.16. The Bertz CT molecular complexity index is 536. The van der Waals surface area contributed by atoms with Gasteiger partial charge < -0.3 is 24.4 Å². The van der Waals surface area contributed by atoms with Crippen LogP contribution in [0.25, 0.3) is 10.4 Å². The zero-order valence-electron chi connectivity index (χ0n) is 11.0. The van der Waals surface area contributed by atoms with Crippen LogP contribution in [0.2, 0.25) is 0 Å². The smallest absolute Gasteiger partial charge is 0.184 e. The number of azide groups is 1. The Morgan fingerprint density at radius 2 is 1.95 bits per heavy atom. The number of aliphatic hydroxyl groups is 2. The van der Waals surface area contributed by atoms with Crippen molar-refractivity contribution >= 4 is 0 Å². The molecule has 0 bridgehead atoms. The lowest BCUT2D eigenvalue weighted by molar-refractivity contribution is -0.335. The quantitative estimate of drug-likeness (QED) is 0.476. The van der Waals surface area contributed by atoms with Gasteiger partial charge in [-0.3, -0.25) is 0 Å². The Hall–Kier alpha value is -1.67. The molecule has 3 rings (SSSR count). The summed E-state index contributed by atoms with van der Waals surface area (Å²) in [5.74, 6) is 0. The summed E-state index contributed by atoms with van der Waals surface area (Å²) >= 11 is 0. The van der Waals surface area contributed by atoms with Crippen molar-refractivity contribution in [3.63, 3.8) is 0 Å². The summed E-state index contributed by atoms with van der Waals surface area (Å²) in [4.78, 5) is 2.61. The second-order valence-corrected chi connectivity index (χ2v) is 4.93. The molecule has 2 heterocycles. The van der Waals surface area contributed by atoms with E-state index in [1.807, 2.05) is 30.3 Å². The van der Waals surface area contributed by atoms with E-state index < -0.39 is 36.9 Å². The predicted molar refractivity (Wildman–Crippen MR) is 69.8 cm³/mol. The lowest BCUT2D eigenvalue weighted by atomic mass is 9.96. The van der Waals surface area contributed by atoms with Crippen molar-refractivity contribution in [2.75, 3.05) is 6.61 Å². The van der Waals surface area contributed by atoms with Crippen LogP contribution in [0, 0.1) is 0 Å². The maximum atomic E-state index is 10.2. The number of ether oxygens (including phenoxy) is 3. The number of rotatable bonds is 2. The van der Waals surface area contributed by atoms with E-state index >= 15 is 0 Å². The van der Waals surface area contributed by atoms with E-state index in [2.05, 4.69) is 10.0 Å². The molecular weight excluding hydrogens is 278 g/mol. The molecule has 2 N–H and O–H groups in total. The molecule has 21 heavy (non-hydrogen) atoms. The maximum absolute atomic E-state index is 10.2. The molecule has 0 amide bonds. The van der Waals surface area contributed by atoms with E-state index in [1.165, 1.54) is 0 Å². The van der Waals surface area contributed by atoms with E-state index in [0.29, 0.717) is 0 Å². The zero-order valence-corrected chi connectivity index (χ0v) is 11.0. The highest BCUT2D eigenvalue weighted by Gasteiger charge is 2.48. The summed E-state index contributed by atoms with van der Waals surface area (Å²) in [5, 5.41) is 23.3. The number of benzene rings is 1. The molecule has 0 radical (unpaired) electrons. The molecule has 0 aromatic heterocycles. The van der Waals surface area contributed by atoms with Crippen LogP contribution in [0.4, 0.5) is 0 Å². The van der Waals surface area contributed by atoms with Gasteiger partial charge in [-0.2, -0.15) is 0 Å². The van der Waals surface area contributed by atoms with Gasteiger partial charge in [-0.15, -0.1) is 0 Å². The van der Waals surface area contributed by atoms with Crippen molar-refractivity contribution in [3.8, 4) is 0 Å². The fourth-order valence-electron chi connectivity index (χ4n) is 2.56. The second-order valence-electron chi connectivity index (χ2n) is 4.93. The van der Waals surface area contributed by atoms with Crippen molar-refractivity contribution in [2.24, 2.45) is 5.11 Å². The lowest BCUT2D eigenvalue weighted by Gasteiger charge is -2.45. The number of hydrogen-bond donors (Lipinski definition) is 2. The average Bonchev–Trinajstić information content (AvgIpc) is 2.52. The first-order valence-electron chi connectivity index (χ1n) is 6.58. The highest BCUT2D eigenvalue weighted by atomic mass is 16.7. The minimum Gasteiger partial charge on any atom is -0.390 e. The molecule has 2 aliphatic rings. The fourth-order valence-corrected chi connectivity index (χ4v) is 2.56. The molecule has 6 atom stereocenters. The third kappa shape index (κ3) is 2.73. The molecule has 3 unspecified atom stereocenters. The van der Waals surface area contributed by atoms with Crippen LogP contribution < -0.4 is 0 Å². The molecule has 2 fully saturated rings. The van der Waals surface area contributed by atoms with Crippen LogP contribution in [0.3, 0.4) is 0 Å². The Morgan fingerprint density at radius 3 is 2.67 bits per heavy atom. The summed E-state index contributed by atoms with van der Waals surface area (Å²) in [6, 6.07) is 8.18. The van der Waals surface area contributed by atoms with Crippen molar-refractivity contribution < 1.29 is 24.4 Å². The van der Waals surface area contributed by atoms with Crippen LogP contribution in [0.5, 0.6) is 0 Å². The largest absolute Gasteiger partial charge is 0.390 e. The van der Waals surface area contributed by atoms with Crippen LogP contribution in [0.15, 0.2) is 35.4 Å². The van der Waals surface area contributed by atoms with E-state index in [-0.39, 0.29) is 6.61 Å². The number of nitrogens with zero attached hydrogens (tertiary/aromatic N) is 3. The molecule has 112 valence electrons. The Balaban J connectivity index is 1.78.